The summed E-state index contributed by atoms with van der Waals surface area (Å²) in [5.74, 6) is -1.40. The molecule has 0 saturated carbocycles. The number of carbonyl (C=O) groups excluding carboxylic acids is 1. The molecule has 0 radical (unpaired) electrons. The zero-order chi connectivity index (χ0) is 14.7. The fourth-order valence-corrected chi connectivity index (χ4v) is 1.83. The van der Waals surface area contributed by atoms with Gasteiger partial charge in [0.2, 0.25) is 5.75 Å². The average Bonchev–Trinajstić information content (AvgIpc) is 2.41. The third kappa shape index (κ3) is 2.86. The van der Waals surface area contributed by atoms with Crippen LogP contribution in [0.5, 0.6) is 5.75 Å². The van der Waals surface area contributed by atoms with Crippen molar-refractivity contribution in [1.29, 1.82) is 0 Å². The molecule has 0 fully saturated rings. The zero-order valence-corrected chi connectivity index (χ0v) is 10.8. The molecule has 0 unspecified atom stereocenters. The molecule has 2 rings (SSSR count). The SMILES string of the molecule is O=C(Nc1ccccc1)c1cc(Cl)cc([N+](=O)[O-])c1O. The standard InChI is InChI=1S/C13H9ClN2O4/c14-8-6-10(12(17)11(7-8)16(19)20)13(18)15-9-4-2-1-3-5-9/h1-7,17H,(H,15,18). The first-order valence-corrected chi connectivity index (χ1v) is 5.90. The predicted molar refractivity (Wildman–Crippen MR) is 74.2 cm³/mol. The Morgan fingerprint density at radius 2 is 1.90 bits per heavy atom. The van der Waals surface area contributed by atoms with Crippen LogP contribution in [0, 0.1) is 10.1 Å². The van der Waals surface area contributed by atoms with Crippen molar-refractivity contribution in [2.45, 2.75) is 0 Å². The van der Waals surface area contributed by atoms with Crippen LogP contribution in [0.1, 0.15) is 10.4 Å². The maximum absolute atomic E-state index is 12.0. The molecule has 6 nitrogen and oxygen atoms in total. The van der Waals surface area contributed by atoms with E-state index in [4.69, 9.17) is 11.6 Å². The lowest BCUT2D eigenvalue weighted by Gasteiger charge is -2.07. The van der Waals surface area contributed by atoms with Crippen molar-refractivity contribution in [3.05, 3.63) is 63.2 Å². The molecule has 1 amide bonds. The Kier molecular flexibility index (Phi) is 3.86. The third-order valence-corrected chi connectivity index (χ3v) is 2.75. The number of hydrogen-bond donors (Lipinski definition) is 2. The molecule has 2 aromatic rings. The molecule has 0 atom stereocenters. The highest BCUT2D eigenvalue weighted by Gasteiger charge is 2.22. The molecule has 0 saturated heterocycles. The largest absolute Gasteiger partial charge is 0.502 e. The van der Waals surface area contributed by atoms with Gasteiger partial charge in [-0.3, -0.25) is 14.9 Å². The van der Waals surface area contributed by atoms with Crippen LogP contribution in [-0.2, 0) is 0 Å². The number of aromatic hydroxyl groups is 1. The number of hydrogen-bond acceptors (Lipinski definition) is 4. The highest BCUT2D eigenvalue weighted by atomic mass is 35.5. The van der Waals surface area contributed by atoms with Gasteiger partial charge in [0.25, 0.3) is 5.91 Å². The summed E-state index contributed by atoms with van der Waals surface area (Å²) in [4.78, 5) is 22.0. The zero-order valence-electron chi connectivity index (χ0n) is 10.0. The number of carbonyl (C=O) groups is 1. The number of nitro benzene ring substituents is 1. The molecule has 2 N–H and O–H groups in total. The number of phenolic OH excluding ortho intramolecular Hbond substituents is 1. The molecule has 0 aromatic heterocycles. The molecule has 0 spiro atoms. The van der Waals surface area contributed by atoms with E-state index in [1.54, 1.807) is 30.3 Å². The van der Waals surface area contributed by atoms with Gasteiger partial charge in [0.15, 0.2) is 0 Å². The molecule has 20 heavy (non-hydrogen) atoms. The molecule has 0 aliphatic rings. The van der Waals surface area contributed by atoms with Crippen molar-refractivity contribution in [2.24, 2.45) is 0 Å². The van der Waals surface area contributed by atoms with E-state index < -0.39 is 22.3 Å². The van der Waals surface area contributed by atoms with E-state index in [-0.39, 0.29) is 10.6 Å². The topological polar surface area (TPSA) is 92.5 Å². The number of para-hydroxylation sites is 1. The van der Waals surface area contributed by atoms with Gasteiger partial charge in [0.1, 0.15) is 0 Å². The van der Waals surface area contributed by atoms with Crippen molar-refractivity contribution in [3.8, 4) is 5.75 Å². The monoisotopic (exact) mass is 292 g/mol. The summed E-state index contributed by atoms with van der Waals surface area (Å²) in [7, 11) is 0. The van der Waals surface area contributed by atoms with Crippen LogP contribution < -0.4 is 5.32 Å². The van der Waals surface area contributed by atoms with Gasteiger partial charge in [-0.1, -0.05) is 29.8 Å². The number of benzene rings is 2. The number of rotatable bonds is 3. The van der Waals surface area contributed by atoms with E-state index in [0.29, 0.717) is 5.69 Å². The number of nitro groups is 1. The minimum Gasteiger partial charge on any atom is -0.502 e. The first-order valence-electron chi connectivity index (χ1n) is 5.52. The second kappa shape index (κ2) is 5.58. The Hall–Kier alpha value is -2.60. The van der Waals surface area contributed by atoms with Crippen LogP contribution in [0.25, 0.3) is 0 Å². The third-order valence-electron chi connectivity index (χ3n) is 2.53. The minimum absolute atomic E-state index is 0.00675. The van der Waals surface area contributed by atoms with Crippen LogP contribution in [-0.4, -0.2) is 15.9 Å². The minimum atomic E-state index is -0.805. The normalized spacial score (nSPS) is 10.1. The lowest BCUT2D eigenvalue weighted by Crippen LogP contribution is -2.12. The molecule has 0 aliphatic heterocycles. The van der Waals surface area contributed by atoms with Gasteiger partial charge in [-0.25, -0.2) is 0 Å². The molecule has 7 heteroatoms. The van der Waals surface area contributed by atoms with E-state index in [9.17, 15) is 20.0 Å². The summed E-state index contributed by atoms with van der Waals surface area (Å²) in [5.41, 5.74) is -0.372. The fraction of sp³-hybridized carbons (Fsp3) is 0. The molecule has 0 aliphatic carbocycles. The van der Waals surface area contributed by atoms with Gasteiger partial charge in [-0.15, -0.1) is 0 Å². The van der Waals surface area contributed by atoms with Crippen LogP contribution in [0.3, 0.4) is 0 Å². The van der Waals surface area contributed by atoms with Crippen LogP contribution in [0.2, 0.25) is 5.02 Å². The molecule has 2 aromatic carbocycles. The number of nitrogens with one attached hydrogen (secondary N) is 1. The quantitative estimate of drug-likeness (QED) is 0.671. The molecular formula is C13H9ClN2O4. The lowest BCUT2D eigenvalue weighted by atomic mass is 10.1. The second-order valence-electron chi connectivity index (χ2n) is 3.90. The summed E-state index contributed by atoms with van der Waals surface area (Å²) < 4.78 is 0. The maximum atomic E-state index is 12.0. The summed E-state index contributed by atoms with van der Waals surface area (Å²) >= 11 is 5.72. The Morgan fingerprint density at radius 1 is 1.25 bits per heavy atom. The van der Waals surface area contributed by atoms with Gasteiger partial charge < -0.3 is 10.4 Å². The number of nitrogens with zero attached hydrogens (tertiary/aromatic N) is 1. The second-order valence-corrected chi connectivity index (χ2v) is 4.33. The average molecular weight is 293 g/mol. The Balaban J connectivity index is 2.37. The van der Waals surface area contributed by atoms with Crippen molar-refractivity contribution in [1.82, 2.24) is 0 Å². The van der Waals surface area contributed by atoms with E-state index in [1.165, 1.54) is 6.07 Å². The number of anilines is 1. The van der Waals surface area contributed by atoms with Gasteiger partial charge in [-0.05, 0) is 18.2 Å². The van der Waals surface area contributed by atoms with Gasteiger partial charge >= 0.3 is 5.69 Å². The number of amides is 1. The molecule has 0 heterocycles. The van der Waals surface area contributed by atoms with Crippen molar-refractivity contribution in [2.75, 3.05) is 5.32 Å². The number of phenols is 1. The lowest BCUT2D eigenvalue weighted by molar-refractivity contribution is -0.385. The first-order chi connectivity index (χ1) is 9.49. The predicted octanol–water partition coefficient (Wildman–Crippen LogP) is 3.21. The van der Waals surface area contributed by atoms with E-state index >= 15 is 0 Å². The van der Waals surface area contributed by atoms with Crippen molar-refractivity contribution >= 4 is 28.9 Å². The summed E-state index contributed by atoms with van der Waals surface area (Å²) in [6.07, 6.45) is 0. The van der Waals surface area contributed by atoms with Crippen molar-refractivity contribution in [3.63, 3.8) is 0 Å². The smallest absolute Gasteiger partial charge is 0.313 e. The van der Waals surface area contributed by atoms with E-state index in [2.05, 4.69) is 5.32 Å². The van der Waals surface area contributed by atoms with Crippen LogP contribution in [0.15, 0.2) is 42.5 Å². The van der Waals surface area contributed by atoms with Crippen LogP contribution >= 0.6 is 11.6 Å². The summed E-state index contributed by atoms with van der Waals surface area (Å²) in [6, 6.07) is 10.7. The van der Waals surface area contributed by atoms with E-state index in [1.807, 2.05) is 0 Å². The molecule has 0 bridgehead atoms. The highest BCUT2D eigenvalue weighted by molar-refractivity contribution is 6.31. The summed E-state index contributed by atoms with van der Waals surface area (Å²) in [5, 5.41) is 23.0. The van der Waals surface area contributed by atoms with Gasteiger partial charge in [-0.2, -0.15) is 0 Å². The van der Waals surface area contributed by atoms with E-state index in [0.717, 1.165) is 6.07 Å². The first kappa shape index (κ1) is 13.8. The number of halogens is 1. The van der Waals surface area contributed by atoms with Crippen molar-refractivity contribution < 1.29 is 14.8 Å². The molecular weight excluding hydrogens is 284 g/mol. The van der Waals surface area contributed by atoms with Crippen LogP contribution in [0.4, 0.5) is 11.4 Å². The molecule has 102 valence electrons. The fourth-order valence-electron chi connectivity index (χ4n) is 1.62. The van der Waals surface area contributed by atoms with Gasteiger partial charge in [0, 0.05) is 16.8 Å². The Bertz CT molecular complexity index is 674. The maximum Gasteiger partial charge on any atom is 0.313 e. The Labute approximate surface area is 118 Å². The highest BCUT2D eigenvalue weighted by Crippen LogP contribution is 2.33. The summed E-state index contributed by atoms with van der Waals surface area (Å²) in [6.45, 7) is 0. The van der Waals surface area contributed by atoms with Gasteiger partial charge in [0.05, 0.1) is 10.5 Å². The Morgan fingerprint density at radius 3 is 2.50 bits per heavy atom.